The van der Waals surface area contributed by atoms with Gasteiger partial charge in [-0.15, -0.1) is 12.4 Å². The smallest absolute Gasteiger partial charge is 0.257 e. The van der Waals surface area contributed by atoms with Gasteiger partial charge in [-0.3, -0.25) is 4.79 Å². The number of likely N-dealkylation sites (tertiary alicyclic amines) is 1. The van der Waals surface area contributed by atoms with Gasteiger partial charge in [-0.25, -0.2) is 0 Å². The molecule has 0 aliphatic carbocycles. The predicted octanol–water partition coefficient (Wildman–Crippen LogP) is 1.93. The second-order valence-corrected chi connectivity index (χ2v) is 5.22. The Morgan fingerprint density at radius 1 is 1.33 bits per heavy atom. The van der Waals surface area contributed by atoms with Crippen molar-refractivity contribution in [3.63, 3.8) is 0 Å². The molecule has 1 aromatic rings. The molecule has 2 unspecified atom stereocenters. The van der Waals surface area contributed by atoms with Gasteiger partial charge in [0.1, 0.15) is 0 Å². The minimum Gasteiger partial charge on any atom is -0.493 e. The number of carbonyl (C=O) groups is 1. The zero-order valence-corrected chi connectivity index (χ0v) is 13.5. The first-order valence-corrected chi connectivity index (χ1v) is 6.84. The number of methoxy groups -OCH3 is 2. The van der Waals surface area contributed by atoms with Crippen LogP contribution in [0, 0.1) is 5.92 Å². The van der Waals surface area contributed by atoms with E-state index in [4.69, 9.17) is 15.2 Å². The van der Waals surface area contributed by atoms with E-state index in [2.05, 4.69) is 6.92 Å². The van der Waals surface area contributed by atoms with E-state index < -0.39 is 0 Å². The van der Waals surface area contributed by atoms with Crippen LogP contribution in [0.15, 0.2) is 18.2 Å². The van der Waals surface area contributed by atoms with E-state index >= 15 is 0 Å². The summed E-state index contributed by atoms with van der Waals surface area (Å²) < 4.78 is 10.6. The molecule has 2 N–H and O–H groups in total. The summed E-state index contributed by atoms with van der Waals surface area (Å²) in [5.41, 5.74) is 6.53. The Bertz CT molecular complexity index is 496. The molecule has 5 nitrogen and oxygen atoms in total. The van der Waals surface area contributed by atoms with Crippen molar-refractivity contribution in [2.75, 3.05) is 27.3 Å². The van der Waals surface area contributed by atoms with Crippen LogP contribution in [0.25, 0.3) is 0 Å². The first-order valence-electron chi connectivity index (χ1n) is 6.84. The molecule has 0 saturated carbocycles. The average Bonchev–Trinajstić information content (AvgIpc) is 2.48. The van der Waals surface area contributed by atoms with Gasteiger partial charge in [0.05, 0.1) is 19.8 Å². The van der Waals surface area contributed by atoms with Crippen molar-refractivity contribution in [2.45, 2.75) is 19.4 Å². The molecule has 2 rings (SSSR count). The third kappa shape index (κ3) is 3.60. The fourth-order valence-electron chi connectivity index (χ4n) is 2.57. The number of nitrogens with two attached hydrogens (primary N) is 1. The highest BCUT2D eigenvalue weighted by atomic mass is 35.5. The van der Waals surface area contributed by atoms with Crippen LogP contribution < -0.4 is 15.2 Å². The summed E-state index contributed by atoms with van der Waals surface area (Å²) >= 11 is 0. The summed E-state index contributed by atoms with van der Waals surface area (Å²) in [6, 6.07) is 5.52. The monoisotopic (exact) mass is 314 g/mol. The fourth-order valence-corrected chi connectivity index (χ4v) is 2.57. The molecule has 0 radical (unpaired) electrons. The molecule has 1 saturated heterocycles. The Labute approximate surface area is 131 Å². The lowest BCUT2D eigenvalue weighted by Crippen LogP contribution is -2.48. The Kier molecular flexibility index (Phi) is 6.30. The van der Waals surface area contributed by atoms with Crippen molar-refractivity contribution in [3.8, 4) is 11.5 Å². The van der Waals surface area contributed by atoms with Gasteiger partial charge in [0, 0.05) is 19.1 Å². The van der Waals surface area contributed by atoms with E-state index in [9.17, 15) is 4.79 Å². The maximum atomic E-state index is 12.6. The number of rotatable bonds is 3. The number of ether oxygens (including phenoxy) is 2. The highest BCUT2D eigenvalue weighted by Gasteiger charge is 2.28. The number of para-hydroxylation sites is 1. The quantitative estimate of drug-likeness (QED) is 0.926. The van der Waals surface area contributed by atoms with Crippen LogP contribution in [0.4, 0.5) is 0 Å². The van der Waals surface area contributed by atoms with Gasteiger partial charge < -0.3 is 20.1 Å². The molecule has 0 bridgehead atoms. The minimum absolute atomic E-state index is 0. The number of benzene rings is 1. The summed E-state index contributed by atoms with van der Waals surface area (Å²) in [7, 11) is 3.11. The molecule has 2 atom stereocenters. The molecule has 1 heterocycles. The number of hydrogen-bond donors (Lipinski definition) is 1. The normalized spacial score (nSPS) is 21.4. The van der Waals surface area contributed by atoms with Crippen molar-refractivity contribution < 1.29 is 14.3 Å². The van der Waals surface area contributed by atoms with E-state index in [1.54, 1.807) is 32.4 Å². The van der Waals surface area contributed by atoms with Crippen molar-refractivity contribution in [3.05, 3.63) is 23.8 Å². The van der Waals surface area contributed by atoms with Crippen LogP contribution >= 0.6 is 12.4 Å². The molecular weight excluding hydrogens is 292 g/mol. The SMILES string of the molecule is COc1cccc(C(=O)N2CCC(N)C(C)C2)c1OC.Cl. The van der Waals surface area contributed by atoms with Gasteiger partial charge in [0.2, 0.25) is 0 Å². The lowest BCUT2D eigenvalue weighted by Gasteiger charge is -2.35. The lowest BCUT2D eigenvalue weighted by atomic mass is 9.94. The molecule has 1 aromatic carbocycles. The van der Waals surface area contributed by atoms with Crippen molar-refractivity contribution in [2.24, 2.45) is 11.7 Å². The molecule has 0 spiro atoms. The van der Waals surface area contributed by atoms with E-state index in [1.807, 2.05) is 4.90 Å². The molecule has 0 aromatic heterocycles. The van der Waals surface area contributed by atoms with Crippen LogP contribution in [-0.4, -0.2) is 44.2 Å². The van der Waals surface area contributed by atoms with E-state index in [1.165, 1.54) is 0 Å². The number of hydrogen-bond acceptors (Lipinski definition) is 4. The molecular formula is C15H23ClN2O3. The topological polar surface area (TPSA) is 64.8 Å². The third-order valence-corrected chi connectivity index (χ3v) is 3.89. The first-order chi connectivity index (χ1) is 9.58. The zero-order valence-electron chi connectivity index (χ0n) is 12.7. The highest BCUT2D eigenvalue weighted by molar-refractivity contribution is 5.97. The molecule has 118 valence electrons. The number of halogens is 1. The largest absolute Gasteiger partial charge is 0.493 e. The van der Waals surface area contributed by atoms with E-state index in [0.717, 1.165) is 6.42 Å². The average molecular weight is 315 g/mol. The molecule has 21 heavy (non-hydrogen) atoms. The molecule has 1 aliphatic heterocycles. The number of piperidine rings is 1. The summed E-state index contributed by atoms with van der Waals surface area (Å²) in [6.07, 6.45) is 0.833. The standard InChI is InChI=1S/C15H22N2O3.ClH/c1-10-9-17(8-7-12(10)16)15(18)11-5-4-6-13(19-2)14(11)20-3;/h4-6,10,12H,7-9,16H2,1-3H3;1H. The van der Waals surface area contributed by atoms with Crippen LogP contribution in [0.1, 0.15) is 23.7 Å². The van der Waals surface area contributed by atoms with Crippen LogP contribution in [0.2, 0.25) is 0 Å². The maximum Gasteiger partial charge on any atom is 0.257 e. The fraction of sp³-hybridized carbons (Fsp3) is 0.533. The molecule has 6 heteroatoms. The number of carbonyl (C=O) groups excluding carboxylic acids is 1. The second kappa shape index (κ2) is 7.52. The van der Waals surface area contributed by atoms with Crippen molar-refractivity contribution >= 4 is 18.3 Å². The minimum atomic E-state index is -0.0282. The van der Waals surface area contributed by atoms with Gasteiger partial charge in [0.25, 0.3) is 5.91 Å². The van der Waals surface area contributed by atoms with Crippen LogP contribution in [0.3, 0.4) is 0 Å². The molecule has 1 aliphatic rings. The third-order valence-electron chi connectivity index (χ3n) is 3.89. The maximum absolute atomic E-state index is 12.6. The Morgan fingerprint density at radius 3 is 2.62 bits per heavy atom. The lowest BCUT2D eigenvalue weighted by molar-refractivity contribution is 0.0660. The summed E-state index contributed by atoms with van der Waals surface area (Å²) in [5.74, 6) is 1.34. The van der Waals surface area contributed by atoms with Crippen LogP contribution in [-0.2, 0) is 0 Å². The van der Waals surface area contributed by atoms with Gasteiger partial charge >= 0.3 is 0 Å². The highest BCUT2D eigenvalue weighted by Crippen LogP contribution is 2.32. The number of amides is 1. The van der Waals surface area contributed by atoms with E-state index in [-0.39, 0.29) is 24.4 Å². The Morgan fingerprint density at radius 2 is 2.05 bits per heavy atom. The van der Waals surface area contributed by atoms with Crippen LogP contribution in [0.5, 0.6) is 11.5 Å². The van der Waals surface area contributed by atoms with Gasteiger partial charge in [-0.1, -0.05) is 13.0 Å². The summed E-state index contributed by atoms with van der Waals surface area (Å²) in [4.78, 5) is 14.5. The van der Waals surface area contributed by atoms with Gasteiger partial charge in [-0.05, 0) is 24.5 Å². The van der Waals surface area contributed by atoms with Gasteiger partial charge in [-0.2, -0.15) is 0 Å². The Balaban J connectivity index is 0.00000220. The molecule has 1 amide bonds. The van der Waals surface area contributed by atoms with E-state index in [0.29, 0.717) is 36.1 Å². The predicted molar refractivity (Wildman–Crippen MR) is 84.5 cm³/mol. The number of nitrogens with zero attached hydrogens (tertiary/aromatic N) is 1. The summed E-state index contributed by atoms with van der Waals surface area (Å²) in [6.45, 7) is 3.44. The second-order valence-electron chi connectivity index (χ2n) is 5.22. The Hall–Kier alpha value is -1.46. The molecule has 1 fully saturated rings. The zero-order chi connectivity index (χ0) is 14.7. The van der Waals surface area contributed by atoms with Crippen molar-refractivity contribution in [1.82, 2.24) is 4.90 Å². The van der Waals surface area contributed by atoms with Crippen molar-refractivity contribution in [1.29, 1.82) is 0 Å². The summed E-state index contributed by atoms with van der Waals surface area (Å²) in [5, 5.41) is 0. The van der Waals surface area contributed by atoms with Gasteiger partial charge in [0.15, 0.2) is 11.5 Å². The first kappa shape index (κ1) is 17.6.